The molecule has 0 spiro atoms. The van der Waals surface area contributed by atoms with Crippen LogP contribution in [0.3, 0.4) is 0 Å². The lowest BCUT2D eigenvalue weighted by Gasteiger charge is -2.23. The topological polar surface area (TPSA) is 42.8 Å². The molecule has 1 aromatic carbocycles. The van der Waals surface area contributed by atoms with Gasteiger partial charge in [-0.05, 0) is 19.1 Å². The van der Waals surface area contributed by atoms with Crippen LogP contribution in [0.4, 0.5) is 0 Å². The Morgan fingerprint density at radius 1 is 1.29 bits per heavy atom. The number of amides is 1. The van der Waals surface area contributed by atoms with Gasteiger partial charge in [-0.15, -0.1) is 11.8 Å². The predicted molar refractivity (Wildman–Crippen MR) is 85.9 cm³/mol. The smallest absolute Gasteiger partial charge is 0.230 e. The molecule has 0 unspecified atom stereocenters. The summed E-state index contributed by atoms with van der Waals surface area (Å²) < 4.78 is 5.33. The van der Waals surface area contributed by atoms with Gasteiger partial charge in [0.1, 0.15) is 13.1 Å². The van der Waals surface area contributed by atoms with Crippen molar-refractivity contribution in [2.75, 3.05) is 45.1 Å². The summed E-state index contributed by atoms with van der Waals surface area (Å²) in [7, 11) is 0. The maximum atomic E-state index is 11.8. The zero-order valence-corrected chi connectivity index (χ0v) is 13.5. The van der Waals surface area contributed by atoms with Gasteiger partial charge in [0.25, 0.3) is 0 Å². The van der Waals surface area contributed by atoms with E-state index in [1.54, 1.807) is 16.7 Å². The van der Waals surface area contributed by atoms with E-state index in [2.05, 4.69) is 36.5 Å². The Morgan fingerprint density at radius 2 is 2.00 bits per heavy atom. The summed E-state index contributed by atoms with van der Waals surface area (Å²) in [5.41, 5.74) is 1.24. The molecular formula is C16H25N2O2S+. The summed E-state index contributed by atoms with van der Waals surface area (Å²) in [6, 6.07) is 8.28. The average molecular weight is 309 g/mol. The van der Waals surface area contributed by atoms with Crippen LogP contribution in [0.1, 0.15) is 12.0 Å². The van der Waals surface area contributed by atoms with Gasteiger partial charge in [-0.3, -0.25) is 4.79 Å². The van der Waals surface area contributed by atoms with Gasteiger partial charge in [-0.25, -0.2) is 0 Å². The summed E-state index contributed by atoms with van der Waals surface area (Å²) >= 11 is 1.59. The fourth-order valence-electron chi connectivity index (χ4n) is 2.31. The van der Waals surface area contributed by atoms with E-state index in [4.69, 9.17) is 4.74 Å². The van der Waals surface area contributed by atoms with Gasteiger partial charge < -0.3 is 15.0 Å². The molecule has 116 valence electrons. The van der Waals surface area contributed by atoms with E-state index in [0.717, 1.165) is 50.7 Å². The molecule has 1 heterocycles. The monoisotopic (exact) mass is 309 g/mol. The fourth-order valence-corrected chi connectivity index (χ4v) is 3.04. The van der Waals surface area contributed by atoms with E-state index in [-0.39, 0.29) is 5.91 Å². The Labute approximate surface area is 131 Å². The van der Waals surface area contributed by atoms with Crippen LogP contribution in [-0.4, -0.2) is 51.1 Å². The Balaban J connectivity index is 1.54. The van der Waals surface area contributed by atoms with Crippen LogP contribution < -0.4 is 10.2 Å². The molecule has 0 aliphatic carbocycles. The lowest BCUT2D eigenvalue weighted by Crippen LogP contribution is -3.14. The first-order valence-corrected chi connectivity index (χ1v) is 8.60. The SMILES string of the molecule is Cc1ccc(SCC(=O)NCCC[NH+]2CCOCC2)cc1. The Hall–Kier alpha value is -1.04. The Morgan fingerprint density at radius 3 is 2.71 bits per heavy atom. The highest BCUT2D eigenvalue weighted by molar-refractivity contribution is 8.00. The van der Waals surface area contributed by atoms with Crippen LogP contribution in [0.2, 0.25) is 0 Å². The standard InChI is InChI=1S/C16H24N2O2S/c1-14-3-5-15(6-4-14)21-13-16(19)17-7-2-8-18-9-11-20-12-10-18/h3-6H,2,7-13H2,1H3,(H,17,19)/p+1. The Kier molecular flexibility index (Phi) is 7.06. The van der Waals surface area contributed by atoms with Crippen molar-refractivity contribution < 1.29 is 14.4 Å². The molecule has 0 aromatic heterocycles. The molecule has 1 amide bonds. The third-order valence-electron chi connectivity index (χ3n) is 3.62. The van der Waals surface area contributed by atoms with Gasteiger partial charge in [0, 0.05) is 17.9 Å². The zero-order chi connectivity index (χ0) is 14.9. The normalized spacial score (nSPS) is 15.9. The quantitative estimate of drug-likeness (QED) is 0.570. The number of nitrogens with one attached hydrogen (secondary N) is 2. The van der Waals surface area contributed by atoms with Gasteiger partial charge in [-0.2, -0.15) is 0 Å². The van der Waals surface area contributed by atoms with Crippen LogP contribution in [0.5, 0.6) is 0 Å². The zero-order valence-electron chi connectivity index (χ0n) is 12.7. The average Bonchev–Trinajstić information content (AvgIpc) is 2.52. The number of benzene rings is 1. The molecule has 2 N–H and O–H groups in total. The highest BCUT2D eigenvalue weighted by atomic mass is 32.2. The first kappa shape index (κ1) is 16.3. The second kappa shape index (κ2) is 9.07. The minimum absolute atomic E-state index is 0.123. The summed E-state index contributed by atoms with van der Waals surface area (Å²) in [6.45, 7) is 7.89. The molecule has 0 atom stereocenters. The minimum Gasteiger partial charge on any atom is -0.370 e. The molecule has 1 saturated heterocycles. The summed E-state index contributed by atoms with van der Waals surface area (Å²) in [5.74, 6) is 0.616. The van der Waals surface area contributed by atoms with Crippen LogP contribution in [0.15, 0.2) is 29.2 Å². The molecule has 1 aliphatic rings. The number of hydrogen-bond donors (Lipinski definition) is 2. The first-order chi connectivity index (χ1) is 10.2. The molecule has 1 aromatic rings. The van der Waals surface area contributed by atoms with Gasteiger partial charge in [0.15, 0.2) is 0 Å². The van der Waals surface area contributed by atoms with E-state index in [9.17, 15) is 4.79 Å². The third-order valence-corrected chi connectivity index (χ3v) is 4.63. The highest BCUT2D eigenvalue weighted by Gasteiger charge is 2.12. The van der Waals surface area contributed by atoms with E-state index in [1.807, 2.05) is 0 Å². The number of carbonyl (C=O) groups excluding carboxylic acids is 1. The molecule has 0 saturated carbocycles. The molecule has 0 bridgehead atoms. The summed E-state index contributed by atoms with van der Waals surface area (Å²) in [6.07, 6.45) is 1.04. The van der Waals surface area contributed by atoms with E-state index in [1.165, 1.54) is 5.56 Å². The maximum absolute atomic E-state index is 11.8. The van der Waals surface area contributed by atoms with Crippen LogP contribution in [0, 0.1) is 6.92 Å². The minimum atomic E-state index is 0.123. The van der Waals surface area contributed by atoms with Crippen molar-refractivity contribution in [3.05, 3.63) is 29.8 Å². The molecule has 21 heavy (non-hydrogen) atoms. The molecule has 5 heteroatoms. The van der Waals surface area contributed by atoms with Crippen molar-refractivity contribution in [3.8, 4) is 0 Å². The predicted octanol–water partition coefficient (Wildman–Crippen LogP) is 0.509. The lowest BCUT2D eigenvalue weighted by atomic mass is 10.2. The molecule has 1 aliphatic heterocycles. The van der Waals surface area contributed by atoms with Crippen molar-refractivity contribution in [1.82, 2.24) is 5.32 Å². The molecular weight excluding hydrogens is 284 g/mol. The molecule has 4 nitrogen and oxygen atoms in total. The van der Waals surface area contributed by atoms with Gasteiger partial charge in [-0.1, -0.05) is 17.7 Å². The van der Waals surface area contributed by atoms with Crippen molar-refractivity contribution in [2.45, 2.75) is 18.2 Å². The number of thioether (sulfide) groups is 1. The largest absolute Gasteiger partial charge is 0.370 e. The summed E-state index contributed by atoms with van der Waals surface area (Å²) in [5, 5.41) is 3.00. The first-order valence-electron chi connectivity index (χ1n) is 7.61. The van der Waals surface area contributed by atoms with Gasteiger partial charge in [0.05, 0.1) is 25.5 Å². The molecule has 0 radical (unpaired) electrons. The summed E-state index contributed by atoms with van der Waals surface area (Å²) in [4.78, 5) is 14.5. The van der Waals surface area contributed by atoms with E-state index < -0.39 is 0 Å². The number of hydrogen-bond acceptors (Lipinski definition) is 3. The van der Waals surface area contributed by atoms with Crippen LogP contribution in [-0.2, 0) is 9.53 Å². The second-order valence-electron chi connectivity index (χ2n) is 5.42. The second-order valence-corrected chi connectivity index (χ2v) is 6.47. The van der Waals surface area contributed by atoms with E-state index >= 15 is 0 Å². The van der Waals surface area contributed by atoms with Crippen molar-refractivity contribution in [2.24, 2.45) is 0 Å². The number of aryl methyl sites for hydroxylation is 1. The van der Waals surface area contributed by atoms with Crippen LogP contribution >= 0.6 is 11.8 Å². The van der Waals surface area contributed by atoms with Crippen molar-refractivity contribution >= 4 is 17.7 Å². The van der Waals surface area contributed by atoms with Crippen molar-refractivity contribution in [1.29, 1.82) is 0 Å². The molecule has 1 fully saturated rings. The molecule has 2 rings (SSSR count). The number of morpholine rings is 1. The van der Waals surface area contributed by atoms with E-state index in [0.29, 0.717) is 5.75 Å². The maximum Gasteiger partial charge on any atom is 0.230 e. The van der Waals surface area contributed by atoms with Gasteiger partial charge in [0.2, 0.25) is 5.91 Å². The number of rotatable bonds is 7. The van der Waals surface area contributed by atoms with Crippen molar-refractivity contribution in [3.63, 3.8) is 0 Å². The van der Waals surface area contributed by atoms with Gasteiger partial charge >= 0.3 is 0 Å². The Bertz CT molecular complexity index is 430. The third kappa shape index (κ3) is 6.50. The van der Waals surface area contributed by atoms with Crippen LogP contribution in [0.25, 0.3) is 0 Å². The number of carbonyl (C=O) groups is 1. The lowest BCUT2D eigenvalue weighted by molar-refractivity contribution is -0.908. The number of quaternary nitrogens is 1. The fraction of sp³-hybridized carbons (Fsp3) is 0.562. The number of ether oxygens (including phenoxy) is 1. The highest BCUT2D eigenvalue weighted by Crippen LogP contribution is 2.17.